The first-order valence-corrected chi connectivity index (χ1v) is 11.8. The van der Waals surface area contributed by atoms with E-state index in [1.165, 1.54) is 34.9 Å². The second kappa shape index (κ2) is 8.01. The van der Waals surface area contributed by atoms with E-state index in [1.807, 2.05) is 0 Å². The lowest BCUT2D eigenvalue weighted by Gasteiger charge is -2.15. The molecule has 1 saturated heterocycles. The summed E-state index contributed by atoms with van der Waals surface area (Å²) < 4.78 is 42.8. The van der Waals surface area contributed by atoms with Crippen LogP contribution in [0, 0.1) is 5.82 Å². The van der Waals surface area contributed by atoms with E-state index in [2.05, 4.69) is 4.72 Å². The van der Waals surface area contributed by atoms with Crippen LogP contribution in [-0.2, 0) is 21.4 Å². The van der Waals surface area contributed by atoms with Crippen molar-refractivity contribution >= 4 is 54.8 Å². The van der Waals surface area contributed by atoms with Crippen LogP contribution in [0.4, 0.5) is 10.1 Å². The minimum atomic E-state index is -3.99. The van der Waals surface area contributed by atoms with E-state index in [1.54, 1.807) is 4.90 Å². The highest BCUT2D eigenvalue weighted by Gasteiger charge is 2.21. The number of carbonyl (C=O) groups is 1. The molecule has 3 aromatic rings. The van der Waals surface area contributed by atoms with Gasteiger partial charge in [-0.1, -0.05) is 22.9 Å². The van der Waals surface area contributed by atoms with Crippen molar-refractivity contribution in [1.29, 1.82) is 0 Å². The van der Waals surface area contributed by atoms with Gasteiger partial charge in [0, 0.05) is 13.1 Å². The van der Waals surface area contributed by atoms with Gasteiger partial charge in [-0.3, -0.25) is 18.9 Å². The Bertz CT molecular complexity index is 1300. The molecule has 4 rings (SSSR count). The minimum absolute atomic E-state index is 0.0604. The monoisotopic (exact) mass is 469 g/mol. The average molecular weight is 470 g/mol. The first kappa shape index (κ1) is 20.8. The molecule has 11 heteroatoms. The summed E-state index contributed by atoms with van der Waals surface area (Å²) in [5.41, 5.74) is 0.616. The summed E-state index contributed by atoms with van der Waals surface area (Å²) in [5.74, 6) is -0.781. The molecule has 158 valence electrons. The van der Waals surface area contributed by atoms with E-state index >= 15 is 0 Å². The molecule has 1 aliphatic rings. The third-order valence-electron chi connectivity index (χ3n) is 4.87. The Morgan fingerprint density at radius 3 is 2.60 bits per heavy atom. The topological polar surface area (TPSA) is 88.5 Å². The molecular formula is C19H17ClFN3O4S2. The molecule has 1 aliphatic heterocycles. The van der Waals surface area contributed by atoms with Crippen LogP contribution in [0.2, 0.25) is 5.02 Å². The normalized spacial score (nSPS) is 14.4. The van der Waals surface area contributed by atoms with Crippen molar-refractivity contribution in [1.82, 2.24) is 9.47 Å². The molecular weight excluding hydrogens is 453 g/mol. The van der Waals surface area contributed by atoms with Crippen molar-refractivity contribution in [2.24, 2.45) is 0 Å². The molecule has 0 atom stereocenters. The van der Waals surface area contributed by atoms with Gasteiger partial charge < -0.3 is 4.90 Å². The SMILES string of the molecule is O=C(Cn1c(=O)sc2cc(S(=O)(=O)Nc3ccc(F)c(Cl)c3)ccc21)N1CCCC1. The Kier molecular flexibility index (Phi) is 5.56. The summed E-state index contributed by atoms with van der Waals surface area (Å²) >= 11 is 6.58. The van der Waals surface area contributed by atoms with E-state index in [0.717, 1.165) is 30.2 Å². The summed E-state index contributed by atoms with van der Waals surface area (Å²) in [6, 6.07) is 7.75. The number of likely N-dealkylation sites (tertiary alicyclic amines) is 1. The van der Waals surface area contributed by atoms with Gasteiger partial charge in [-0.2, -0.15) is 0 Å². The number of rotatable bonds is 5. The third kappa shape index (κ3) is 4.07. The number of carbonyl (C=O) groups excluding carboxylic acids is 1. The molecule has 0 radical (unpaired) electrons. The molecule has 0 unspecified atom stereocenters. The number of sulfonamides is 1. The van der Waals surface area contributed by atoms with Crippen molar-refractivity contribution in [2.45, 2.75) is 24.3 Å². The van der Waals surface area contributed by atoms with E-state index < -0.39 is 15.8 Å². The highest BCUT2D eigenvalue weighted by molar-refractivity contribution is 7.92. The Labute approximate surface area is 180 Å². The quantitative estimate of drug-likeness (QED) is 0.621. The third-order valence-corrected chi connectivity index (χ3v) is 7.48. The van der Waals surface area contributed by atoms with Gasteiger partial charge in [-0.15, -0.1) is 0 Å². The zero-order valence-corrected chi connectivity index (χ0v) is 18.0. The number of fused-ring (bicyclic) bond motifs is 1. The van der Waals surface area contributed by atoms with Crippen LogP contribution in [0.3, 0.4) is 0 Å². The molecule has 2 aromatic carbocycles. The minimum Gasteiger partial charge on any atom is -0.341 e. The molecule has 1 aromatic heterocycles. The number of hydrogen-bond acceptors (Lipinski definition) is 5. The Morgan fingerprint density at radius 1 is 1.17 bits per heavy atom. The van der Waals surface area contributed by atoms with Gasteiger partial charge in [-0.05, 0) is 49.2 Å². The van der Waals surface area contributed by atoms with Crippen LogP contribution in [0.5, 0.6) is 0 Å². The van der Waals surface area contributed by atoms with E-state index in [4.69, 9.17) is 11.6 Å². The van der Waals surface area contributed by atoms with Crippen LogP contribution >= 0.6 is 22.9 Å². The maximum Gasteiger partial charge on any atom is 0.308 e. The fourth-order valence-corrected chi connectivity index (χ4v) is 5.60. The lowest BCUT2D eigenvalue weighted by molar-refractivity contribution is -0.130. The predicted molar refractivity (Wildman–Crippen MR) is 114 cm³/mol. The Hall–Kier alpha value is -2.43. The van der Waals surface area contributed by atoms with Crippen molar-refractivity contribution in [3.63, 3.8) is 0 Å². The second-order valence-electron chi connectivity index (χ2n) is 6.91. The number of thiazole rings is 1. The van der Waals surface area contributed by atoms with Gasteiger partial charge >= 0.3 is 4.87 Å². The van der Waals surface area contributed by atoms with Crippen molar-refractivity contribution in [2.75, 3.05) is 17.8 Å². The summed E-state index contributed by atoms with van der Waals surface area (Å²) in [6.45, 7) is 1.31. The number of amides is 1. The summed E-state index contributed by atoms with van der Waals surface area (Å²) in [5, 5.41) is -0.205. The van der Waals surface area contributed by atoms with Crippen molar-refractivity contribution in [3.05, 3.63) is 56.9 Å². The molecule has 30 heavy (non-hydrogen) atoms. The molecule has 0 saturated carbocycles. The molecule has 7 nitrogen and oxygen atoms in total. The van der Waals surface area contributed by atoms with Gasteiger partial charge in [-0.25, -0.2) is 12.8 Å². The molecule has 0 bridgehead atoms. The maximum atomic E-state index is 13.3. The van der Waals surface area contributed by atoms with Gasteiger partial charge in [0.2, 0.25) is 5.91 Å². The molecule has 0 aliphatic carbocycles. The fraction of sp³-hybridized carbons (Fsp3) is 0.263. The Balaban J connectivity index is 1.62. The van der Waals surface area contributed by atoms with Crippen molar-refractivity contribution < 1.29 is 17.6 Å². The fourth-order valence-electron chi connectivity index (χ4n) is 3.34. The predicted octanol–water partition coefficient (Wildman–Crippen LogP) is 3.28. The highest BCUT2D eigenvalue weighted by Crippen LogP contribution is 2.25. The van der Waals surface area contributed by atoms with Gasteiger partial charge in [0.05, 0.1) is 25.8 Å². The van der Waals surface area contributed by atoms with Gasteiger partial charge in [0.1, 0.15) is 12.4 Å². The zero-order valence-electron chi connectivity index (χ0n) is 15.6. The van der Waals surface area contributed by atoms with E-state index in [-0.39, 0.29) is 32.9 Å². The van der Waals surface area contributed by atoms with E-state index in [9.17, 15) is 22.4 Å². The van der Waals surface area contributed by atoms with Crippen LogP contribution < -0.4 is 9.60 Å². The summed E-state index contributed by atoms with van der Waals surface area (Å²) in [4.78, 5) is 26.2. The van der Waals surface area contributed by atoms with Crippen LogP contribution in [0.15, 0.2) is 46.1 Å². The maximum absolute atomic E-state index is 13.3. The molecule has 0 spiro atoms. The first-order chi connectivity index (χ1) is 14.2. The number of nitrogens with one attached hydrogen (secondary N) is 1. The standard InChI is InChI=1S/C19H17ClFN3O4S2/c20-14-9-12(3-5-15(14)21)22-30(27,28)13-4-6-16-17(10-13)29-19(26)24(16)11-18(25)23-7-1-2-8-23/h3-6,9-10,22H,1-2,7-8,11H2. The van der Waals surface area contributed by atoms with Crippen LogP contribution in [0.25, 0.3) is 10.2 Å². The largest absolute Gasteiger partial charge is 0.341 e. The smallest absolute Gasteiger partial charge is 0.308 e. The van der Waals surface area contributed by atoms with Crippen molar-refractivity contribution in [3.8, 4) is 0 Å². The number of aromatic nitrogens is 1. The summed E-state index contributed by atoms with van der Waals surface area (Å²) in [7, 11) is -3.99. The zero-order chi connectivity index (χ0) is 21.5. The second-order valence-corrected chi connectivity index (χ2v) is 9.99. The Morgan fingerprint density at radius 2 is 1.90 bits per heavy atom. The van der Waals surface area contributed by atoms with E-state index in [0.29, 0.717) is 23.3 Å². The lowest BCUT2D eigenvalue weighted by Crippen LogP contribution is -2.33. The van der Waals surface area contributed by atoms with Crippen LogP contribution in [0.1, 0.15) is 12.8 Å². The molecule has 2 heterocycles. The molecule has 1 N–H and O–H groups in total. The summed E-state index contributed by atoms with van der Waals surface area (Å²) in [6.07, 6.45) is 1.91. The highest BCUT2D eigenvalue weighted by atomic mass is 35.5. The number of halogens is 2. The number of anilines is 1. The number of hydrogen-bond donors (Lipinski definition) is 1. The average Bonchev–Trinajstić information content (AvgIpc) is 3.33. The van der Waals surface area contributed by atoms with Crippen LogP contribution in [-0.4, -0.2) is 36.9 Å². The first-order valence-electron chi connectivity index (χ1n) is 9.14. The molecule has 1 amide bonds. The number of nitrogens with zero attached hydrogens (tertiary/aromatic N) is 2. The molecule has 1 fully saturated rings. The lowest BCUT2D eigenvalue weighted by atomic mass is 10.3. The number of benzene rings is 2. The van der Waals surface area contributed by atoms with Gasteiger partial charge in [0.25, 0.3) is 10.0 Å². The van der Waals surface area contributed by atoms with Gasteiger partial charge in [0.15, 0.2) is 0 Å².